The van der Waals surface area contributed by atoms with Crippen LogP contribution in [0.1, 0.15) is 18.9 Å². The van der Waals surface area contributed by atoms with E-state index in [9.17, 15) is 4.79 Å². The molecular formula is C15H23N3O2. The van der Waals surface area contributed by atoms with Crippen molar-refractivity contribution in [2.24, 2.45) is 5.92 Å². The zero-order valence-corrected chi connectivity index (χ0v) is 12.0. The SMILES string of the molecule is CCN(CC(=O)NCc1cccnc1)CC1CCOC1. The van der Waals surface area contributed by atoms with Crippen LogP contribution >= 0.6 is 0 Å². The molecule has 0 radical (unpaired) electrons. The van der Waals surface area contributed by atoms with Crippen LogP contribution in [0, 0.1) is 5.92 Å². The normalized spacial score (nSPS) is 18.4. The quantitative estimate of drug-likeness (QED) is 0.809. The Bertz CT molecular complexity index is 405. The van der Waals surface area contributed by atoms with E-state index < -0.39 is 0 Å². The smallest absolute Gasteiger partial charge is 0.234 e. The first-order valence-electron chi connectivity index (χ1n) is 7.23. The van der Waals surface area contributed by atoms with Crippen molar-refractivity contribution >= 4 is 5.91 Å². The number of aromatic nitrogens is 1. The number of nitrogens with one attached hydrogen (secondary N) is 1. The number of hydrogen-bond acceptors (Lipinski definition) is 4. The van der Waals surface area contributed by atoms with Crippen molar-refractivity contribution in [1.82, 2.24) is 15.2 Å². The molecular weight excluding hydrogens is 254 g/mol. The van der Waals surface area contributed by atoms with Crippen LogP contribution in [0.2, 0.25) is 0 Å². The van der Waals surface area contributed by atoms with Gasteiger partial charge in [0.05, 0.1) is 13.2 Å². The molecule has 0 spiro atoms. The first-order chi connectivity index (χ1) is 9.78. The lowest BCUT2D eigenvalue weighted by Gasteiger charge is -2.22. The third kappa shape index (κ3) is 4.90. The molecule has 0 saturated carbocycles. The second kappa shape index (κ2) is 7.97. The van der Waals surface area contributed by atoms with Gasteiger partial charge in [-0.2, -0.15) is 0 Å². The number of rotatable bonds is 7. The number of hydrogen-bond donors (Lipinski definition) is 1. The summed E-state index contributed by atoms with van der Waals surface area (Å²) >= 11 is 0. The van der Waals surface area contributed by atoms with E-state index in [1.165, 1.54) is 0 Å². The molecule has 1 aromatic heterocycles. The van der Waals surface area contributed by atoms with Crippen LogP contribution in [0.3, 0.4) is 0 Å². The van der Waals surface area contributed by atoms with E-state index in [-0.39, 0.29) is 5.91 Å². The van der Waals surface area contributed by atoms with E-state index >= 15 is 0 Å². The van der Waals surface area contributed by atoms with Gasteiger partial charge >= 0.3 is 0 Å². The number of pyridine rings is 1. The Kier molecular flexibility index (Phi) is 5.95. The number of ether oxygens (including phenoxy) is 1. The lowest BCUT2D eigenvalue weighted by Crippen LogP contribution is -2.39. The van der Waals surface area contributed by atoms with Gasteiger partial charge in [0.1, 0.15) is 0 Å². The van der Waals surface area contributed by atoms with E-state index in [2.05, 4.69) is 22.1 Å². The van der Waals surface area contributed by atoms with E-state index in [0.717, 1.165) is 38.3 Å². The number of amides is 1. The molecule has 1 aromatic rings. The van der Waals surface area contributed by atoms with Crippen LogP contribution in [0.25, 0.3) is 0 Å². The molecule has 1 amide bonds. The van der Waals surface area contributed by atoms with Gasteiger partial charge in [-0.15, -0.1) is 0 Å². The average molecular weight is 277 g/mol. The summed E-state index contributed by atoms with van der Waals surface area (Å²) < 4.78 is 5.38. The second-order valence-corrected chi connectivity index (χ2v) is 5.20. The fraction of sp³-hybridized carbons (Fsp3) is 0.600. The predicted molar refractivity (Wildman–Crippen MR) is 77.1 cm³/mol. The highest BCUT2D eigenvalue weighted by Gasteiger charge is 2.19. The summed E-state index contributed by atoms with van der Waals surface area (Å²) in [4.78, 5) is 18.2. The lowest BCUT2D eigenvalue weighted by atomic mass is 10.1. The zero-order chi connectivity index (χ0) is 14.2. The standard InChI is InChI=1S/C15H23N3O2/c1-2-18(10-14-5-7-20-12-14)11-15(19)17-9-13-4-3-6-16-8-13/h3-4,6,8,14H,2,5,7,9-12H2,1H3,(H,17,19). The maximum Gasteiger partial charge on any atom is 0.234 e. The van der Waals surface area contributed by atoms with Gasteiger partial charge in [-0.25, -0.2) is 0 Å². The topological polar surface area (TPSA) is 54.5 Å². The third-order valence-corrected chi connectivity index (χ3v) is 3.57. The highest BCUT2D eigenvalue weighted by Crippen LogP contribution is 2.13. The number of nitrogens with zero attached hydrogens (tertiary/aromatic N) is 2. The summed E-state index contributed by atoms with van der Waals surface area (Å²) in [6, 6.07) is 3.83. The largest absolute Gasteiger partial charge is 0.381 e. The van der Waals surface area contributed by atoms with Crippen molar-refractivity contribution < 1.29 is 9.53 Å². The molecule has 1 saturated heterocycles. The maximum absolute atomic E-state index is 12.0. The Labute approximate surface area is 120 Å². The fourth-order valence-electron chi connectivity index (χ4n) is 2.36. The summed E-state index contributed by atoms with van der Waals surface area (Å²) in [7, 11) is 0. The van der Waals surface area contributed by atoms with E-state index in [1.54, 1.807) is 12.4 Å². The van der Waals surface area contributed by atoms with Gasteiger partial charge in [0, 0.05) is 32.1 Å². The van der Waals surface area contributed by atoms with Gasteiger partial charge in [-0.3, -0.25) is 14.7 Å². The van der Waals surface area contributed by atoms with Crippen LogP contribution < -0.4 is 5.32 Å². The summed E-state index contributed by atoms with van der Waals surface area (Å²) in [5.74, 6) is 0.635. The van der Waals surface area contributed by atoms with Crippen molar-refractivity contribution in [3.8, 4) is 0 Å². The maximum atomic E-state index is 12.0. The Balaban J connectivity index is 1.71. The Hall–Kier alpha value is -1.46. The second-order valence-electron chi connectivity index (χ2n) is 5.20. The van der Waals surface area contributed by atoms with Crippen LogP contribution in [-0.4, -0.2) is 48.6 Å². The molecule has 0 bridgehead atoms. The monoisotopic (exact) mass is 277 g/mol. The molecule has 1 unspecified atom stereocenters. The van der Waals surface area contributed by atoms with E-state index in [1.807, 2.05) is 12.1 Å². The van der Waals surface area contributed by atoms with Gasteiger partial charge in [-0.05, 0) is 30.5 Å². The summed E-state index contributed by atoms with van der Waals surface area (Å²) in [6.45, 7) is 6.59. The average Bonchev–Trinajstić information content (AvgIpc) is 2.98. The van der Waals surface area contributed by atoms with Gasteiger partial charge in [0.25, 0.3) is 0 Å². The molecule has 20 heavy (non-hydrogen) atoms. The van der Waals surface area contributed by atoms with E-state index in [4.69, 9.17) is 4.74 Å². The minimum Gasteiger partial charge on any atom is -0.381 e. The van der Waals surface area contributed by atoms with Crippen LogP contribution in [0.15, 0.2) is 24.5 Å². The number of carbonyl (C=O) groups excluding carboxylic acids is 1. The molecule has 5 heteroatoms. The molecule has 5 nitrogen and oxygen atoms in total. The predicted octanol–water partition coefficient (Wildman–Crippen LogP) is 1.06. The van der Waals surface area contributed by atoms with Gasteiger partial charge in [0.2, 0.25) is 5.91 Å². The molecule has 1 N–H and O–H groups in total. The molecule has 2 rings (SSSR count). The minimum absolute atomic E-state index is 0.0645. The molecule has 2 heterocycles. The number of carbonyl (C=O) groups is 1. The Morgan fingerprint density at radius 2 is 2.50 bits per heavy atom. The fourth-order valence-corrected chi connectivity index (χ4v) is 2.36. The van der Waals surface area contributed by atoms with Crippen molar-refractivity contribution in [3.05, 3.63) is 30.1 Å². The van der Waals surface area contributed by atoms with Crippen LogP contribution in [0.4, 0.5) is 0 Å². The highest BCUT2D eigenvalue weighted by molar-refractivity contribution is 5.77. The van der Waals surface area contributed by atoms with Crippen molar-refractivity contribution in [2.75, 3.05) is 32.8 Å². The Morgan fingerprint density at radius 1 is 1.60 bits per heavy atom. The first-order valence-corrected chi connectivity index (χ1v) is 7.23. The van der Waals surface area contributed by atoms with Crippen LogP contribution in [0.5, 0.6) is 0 Å². The first kappa shape index (κ1) is 14.9. The molecule has 1 aliphatic heterocycles. The van der Waals surface area contributed by atoms with Gasteiger partial charge < -0.3 is 10.1 Å². The molecule has 0 aromatic carbocycles. The molecule has 1 fully saturated rings. The van der Waals surface area contributed by atoms with Crippen LogP contribution in [-0.2, 0) is 16.1 Å². The minimum atomic E-state index is 0.0645. The zero-order valence-electron chi connectivity index (χ0n) is 12.0. The molecule has 110 valence electrons. The molecule has 0 aliphatic carbocycles. The van der Waals surface area contributed by atoms with E-state index in [0.29, 0.717) is 19.0 Å². The molecule has 1 atom stereocenters. The summed E-state index contributed by atoms with van der Waals surface area (Å²) in [6.07, 6.45) is 4.61. The summed E-state index contributed by atoms with van der Waals surface area (Å²) in [5, 5.41) is 2.94. The summed E-state index contributed by atoms with van der Waals surface area (Å²) in [5.41, 5.74) is 1.02. The molecule has 1 aliphatic rings. The van der Waals surface area contributed by atoms with Crippen molar-refractivity contribution in [1.29, 1.82) is 0 Å². The van der Waals surface area contributed by atoms with Crippen molar-refractivity contribution in [3.63, 3.8) is 0 Å². The number of likely N-dealkylation sites (N-methyl/N-ethyl adjacent to an activating group) is 1. The highest BCUT2D eigenvalue weighted by atomic mass is 16.5. The lowest BCUT2D eigenvalue weighted by molar-refractivity contribution is -0.122. The Morgan fingerprint density at radius 3 is 3.15 bits per heavy atom. The third-order valence-electron chi connectivity index (χ3n) is 3.57. The van der Waals surface area contributed by atoms with Gasteiger partial charge in [-0.1, -0.05) is 13.0 Å². The van der Waals surface area contributed by atoms with Gasteiger partial charge in [0.15, 0.2) is 0 Å². The van der Waals surface area contributed by atoms with Crippen molar-refractivity contribution in [2.45, 2.75) is 19.9 Å².